The number of allylic oxidation sites excluding steroid dienone is 1. The molecule has 0 N–H and O–H groups in total. The predicted octanol–water partition coefficient (Wildman–Crippen LogP) is 3.17. The van der Waals surface area contributed by atoms with Gasteiger partial charge in [0.25, 0.3) is 0 Å². The fraction of sp³-hybridized carbons (Fsp3) is 0.583. The quantitative estimate of drug-likeness (QED) is 0.186. The molecule has 1 aliphatic rings. The van der Waals surface area contributed by atoms with E-state index in [0.717, 1.165) is 19.3 Å². The molecule has 0 amide bonds. The Labute approximate surface area is 111 Å². The first-order valence-electron chi connectivity index (χ1n) is 5.91. The van der Waals surface area contributed by atoms with Gasteiger partial charge in [-0.15, -0.1) is 0 Å². The Morgan fingerprint density at radius 3 is 2.83 bits per heavy atom. The Balaban J connectivity index is 2.43. The molecule has 0 saturated carbocycles. The van der Waals surface area contributed by atoms with E-state index >= 15 is 0 Å². The number of alkyl halides is 1. The van der Waals surface area contributed by atoms with E-state index in [1.165, 1.54) is 18.2 Å². The molecule has 1 aliphatic carbocycles. The number of esters is 1. The minimum absolute atomic E-state index is 0.00955. The van der Waals surface area contributed by atoms with Crippen LogP contribution in [0.2, 0.25) is 0 Å². The van der Waals surface area contributed by atoms with Crippen LogP contribution in [0.3, 0.4) is 0 Å². The van der Waals surface area contributed by atoms with Gasteiger partial charge < -0.3 is 4.74 Å². The second-order valence-corrected chi connectivity index (χ2v) is 4.81. The normalized spacial score (nSPS) is 22.4. The average molecular weight is 274 g/mol. The summed E-state index contributed by atoms with van der Waals surface area (Å²) in [6.45, 7) is 2.05. The highest BCUT2D eigenvalue weighted by Gasteiger charge is 2.38. The SMILES string of the molecule is CCCCCC(=O)OC1=CCC(Cl)([N+](=O)[O-])C=C1. The van der Waals surface area contributed by atoms with Crippen LogP contribution in [0.5, 0.6) is 0 Å². The third-order valence-corrected chi connectivity index (χ3v) is 3.03. The summed E-state index contributed by atoms with van der Waals surface area (Å²) in [6.07, 6.45) is 7.26. The van der Waals surface area contributed by atoms with Crippen LogP contribution in [0.25, 0.3) is 0 Å². The van der Waals surface area contributed by atoms with Gasteiger partial charge in [0.05, 0.1) is 6.42 Å². The monoisotopic (exact) mass is 273 g/mol. The third kappa shape index (κ3) is 4.14. The molecule has 0 aromatic carbocycles. The van der Waals surface area contributed by atoms with Crippen LogP contribution in [0.15, 0.2) is 24.0 Å². The predicted molar refractivity (Wildman–Crippen MR) is 67.7 cm³/mol. The summed E-state index contributed by atoms with van der Waals surface area (Å²) in [7, 11) is 0. The molecule has 0 spiro atoms. The maximum Gasteiger partial charge on any atom is 0.317 e. The number of rotatable bonds is 6. The second kappa shape index (κ2) is 6.54. The summed E-state index contributed by atoms with van der Waals surface area (Å²) >= 11 is 5.74. The third-order valence-electron chi connectivity index (χ3n) is 2.61. The van der Waals surface area contributed by atoms with Crippen molar-refractivity contribution >= 4 is 17.6 Å². The first kappa shape index (κ1) is 14.7. The molecular formula is C12H16ClNO4. The number of hydrogen-bond acceptors (Lipinski definition) is 4. The summed E-state index contributed by atoms with van der Waals surface area (Å²) in [5.41, 5.74) is 0. The number of carbonyl (C=O) groups is 1. The molecule has 18 heavy (non-hydrogen) atoms. The van der Waals surface area contributed by atoms with E-state index in [9.17, 15) is 14.9 Å². The van der Waals surface area contributed by atoms with E-state index in [1.54, 1.807) is 0 Å². The number of ether oxygens (including phenoxy) is 1. The highest BCUT2D eigenvalue weighted by atomic mass is 35.5. The zero-order valence-corrected chi connectivity index (χ0v) is 11.0. The van der Waals surface area contributed by atoms with Crippen molar-refractivity contribution in [1.82, 2.24) is 0 Å². The van der Waals surface area contributed by atoms with Crippen LogP contribution in [0.4, 0.5) is 0 Å². The first-order chi connectivity index (χ1) is 8.48. The standard InChI is InChI=1S/C12H16ClNO4/c1-2-3-4-5-11(15)18-10-6-8-12(13,9-7-10)14(16)17/h6-8H,2-5,9H2,1H3. The van der Waals surface area contributed by atoms with Crippen molar-refractivity contribution in [2.45, 2.75) is 44.0 Å². The Bertz CT molecular complexity index is 392. The molecule has 6 heteroatoms. The molecule has 0 fully saturated rings. The van der Waals surface area contributed by atoms with E-state index in [-0.39, 0.29) is 12.4 Å². The van der Waals surface area contributed by atoms with Gasteiger partial charge in [0.15, 0.2) is 0 Å². The minimum atomic E-state index is -1.61. The summed E-state index contributed by atoms with van der Waals surface area (Å²) < 4.78 is 5.07. The lowest BCUT2D eigenvalue weighted by Crippen LogP contribution is -2.30. The molecule has 1 atom stereocenters. The first-order valence-corrected chi connectivity index (χ1v) is 6.29. The molecule has 0 aromatic heterocycles. The van der Waals surface area contributed by atoms with Gasteiger partial charge in [-0.2, -0.15) is 0 Å². The van der Waals surface area contributed by atoms with Gasteiger partial charge in [-0.05, 0) is 30.2 Å². The molecule has 0 aromatic rings. The zero-order valence-electron chi connectivity index (χ0n) is 10.2. The van der Waals surface area contributed by atoms with Gasteiger partial charge in [-0.3, -0.25) is 14.9 Å². The molecular weight excluding hydrogens is 258 g/mol. The van der Waals surface area contributed by atoms with Crippen LogP contribution in [-0.4, -0.2) is 15.9 Å². The minimum Gasteiger partial charge on any atom is -0.427 e. The molecule has 0 radical (unpaired) electrons. The van der Waals surface area contributed by atoms with Crippen molar-refractivity contribution in [3.05, 3.63) is 34.1 Å². The molecule has 0 saturated heterocycles. The lowest BCUT2D eigenvalue weighted by Gasteiger charge is -2.16. The average Bonchev–Trinajstić information content (AvgIpc) is 2.32. The largest absolute Gasteiger partial charge is 0.427 e. The van der Waals surface area contributed by atoms with Crippen molar-refractivity contribution < 1.29 is 14.5 Å². The maximum atomic E-state index is 11.4. The Morgan fingerprint density at radius 2 is 2.33 bits per heavy atom. The van der Waals surface area contributed by atoms with Crippen molar-refractivity contribution in [1.29, 1.82) is 0 Å². The molecule has 5 nitrogen and oxygen atoms in total. The zero-order chi connectivity index (χ0) is 13.6. The molecule has 0 bridgehead atoms. The topological polar surface area (TPSA) is 69.4 Å². The number of carbonyl (C=O) groups excluding carboxylic acids is 1. The number of nitro groups is 1. The fourth-order valence-corrected chi connectivity index (χ4v) is 1.64. The van der Waals surface area contributed by atoms with Crippen molar-refractivity contribution in [3.63, 3.8) is 0 Å². The molecule has 0 heterocycles. The number of unbranched alkanes of at least 4 members (excludes halogenated alkanes) is 2. The van der Waals surface area contributed by atoms with E-state index in [4.69, 9.17) is 16.3 Å². The lowest BCUT2D eigenvalue weighted by molar-refractivity contribution is -0.527. The van der Waals surface area contributed by atoms with Crippen molar-refractivity contribution in [3.8, 4) is 0 Å². The Morgan fingerprint density at radius 1 is 1.61 bits per heavy atom. The van der Waals surface area contributed by atoms with Gasteiger partial charge in [0.1, 0.15) is 5.76 Å². The van der Waals surface area contributed by atoms with Gasteiger partial charge in [0, 0.05) is 17.4 Å². The van der Waals surface area contributed by atoms with E-state index in [1.807, 2.05) is 0 Å². The van der Waals surface area contributed by atoms with E-state index < -0.39 is 9.92 Å². The number of hydrogen-bond donors (Lipinski definition) is 0. The number of nitrogens with zero attached hydrogens (tertiary/aromatic N) is 1. The summed E-state index contributed by atoms with van der Waals surface area (Å²) in [4.78, 5) is 19.9. The summed E-state index contributed by atoms with van der Waals surface area (Å²) in [5.74, 6) is 0.0112. The van der Waals surface area contributed by atoms with Crippen LogP contribution in [0, 0.1) is 10.1 Å². The van der Waals surface area contributed by atoms with Gasteiger partial charge in [-0.25, -0.2) is 0 Å². The van der Waals surface area contributed by atoms with Crippen molar-refractivity contribution in [2.75, 3.05) is 0 Å². The van der Waals surface area contributed by atoms with Crippen LogP contribution < -0.4 is 0 Å². The molecule has 1 rings (SSSR count). The van der Waals surface area contributed by atoms with Crippen LogP contribution in [0.1, 0.15) is 39.0 Å². The summed E-state index contributed by atoms with van der Waals surface area (Å²) in [6, 6.07) is 0. The maximum absolute atomic E-state index is 11.4. The van der Waals surface area contributed by atoms with Gasteiger partial charge in [0.2, 0.25) is 0 Å². The highest BCUT2D eigenvalue weighted by Crippen LogP contribution is 2.28. The fourth-order valence-electron chi connectivity index (χ4n) is 1.50. The highest BCUT2D eigenvalue weighted by molar-refractivity contribution is 6.24. The summed E-state index contributed by atoms with van der Waals surface area (Å²) in [5, 5.41) is 10.7. The number of halogens is 1. The van der Waals surface area contributed by atoms with Crippen LogP contribution >= 0.6 is 11.6 Å². The van der Waals surface area contributed by atoms with Gasteiger partial charge >= 0.3 is 11.0 Å². The van der Waals surface area contributed by atoms with Gasteiger partial charge in [-0.1, -0.05) is 19.8 Å². The molecule has 0 aliphatic heterocycles. The Hall–Kier alpha value is -1.36. The van der Waals surface area contributed by atoms with E-state index in [0.29, 0.717) is 12.2 Å². The molecule has 100 valence electrons. The smallest absolute Gasteiger partial charge is 0.317 e. The van der Waals surface area contributed by atoms with E-state index in [2.05, 4.69) is 6.92 Å². The Kier molecular flexibility index (Phi) is 5.34. The van der Waals surface area contributed by atoms with Crippen molar-refractivity contribution in [2.24, 2.45) is 0 Å². The lowest BCUT2D eigenvalue weighted by atomic mass is 10.1. The van der Waals surface area contributed by atoms with Crippen LogP contribution in [-0.2, 0) is 9.53 Å². The molecule has 1 unspecified atom stereocenters. The second-order valence-electron chi connectivity index (χ2n) is 4.15.